The first-order chi connectivity index (χ1) is 21.0. The summed E-state index contributed by atoms with van der Waals surface area (Å²) in [6, 6.07) is 11.2. The van der Waals surface area contributed by atoms with E-state index in [-0.39, 0.29) is 11.6 Å². The first-order valence-corrected chi connectivity index (χ1v) is 15.6. The summed E-state index contributed by atoms with van der Waals surface area (Å²) in [6.45, 7) is 6.48. The number of ether oxygens (including phenoxy) is 1. The van der Waals surface area contributed by atoms with Gasteiger partial charge in [0.15, 0.2) is 0 Å². The maximum absolute atomic E-state index is 13.7. The Morgan fingerprint density at radius 3 is 2.09 bits per heavy atom. The molecule has 0 radical (unpaired) electrons. The summed E-state index contributed by atoms with van der Waals surface area (Å²) in [5.74, 6) is -1.15. The second kappa shape index (κ2) is 15.7. The van der Waals surface area contributed by atoms with Crippen molar-refractivity contribution in [2.24, 2.45) is 5.92 Å². The highest BCUT2D eigenvalue weighted by Gasteiger charge is 2.35. The number of carboxylic acids is 1. The summed E-state index contributed by atoms with van der Waals surface area (Å²) in [5.41, 5.74) is -0.478. The Bertz CT molecular complexity index is 1210. The molecule has 11 heteroatoms. The van der Waals surface area contributed by atoms with Gasteiger partial charge in [0.25, 0.3) is 5.91 Å². The third-order valence-corrected chi connectivity index (χ3v) is 8.27. The van der Waals surface area contributed by atoms with Crippen molar-refractivity contribution in [2.45, 2.75) is 70.2 Å². The van der Waals surface area contributed by atoms with Crippen molar-refractivity contribution in [2.75, 3.05) is 50.8 Å². The van der Waals surface area contributed by atoms with Crippen molar-refractivity contribution in [1.82, 2.24) is 9.80 Å². The van der Waals surface area contributed by atoms with E-state index in [9.17, 15) is 27.2 Å². The topological polar surface area (TPSA) is 73.3 Å². The van der Waals surface area contributed by atoms with Crippen LogP contribution in [0, 0.1) is 11.7 Å². The van der Waals surface area contributed by atoms with Gasteiger partial charge in [-0.2, -0.15) is 13.2 Å². The molecule has 0 spiro atoms. The highest BCUT2D eigenvalue weighted by Crippen LogP contribution is 2.33. The average molecular weight is 622 g/mol. The summed E-state index contributed by atoms with van der Waals surface area (Å²) in [7, 11) is 0. The highest BCUT2D eigenvalue weighted by atomic mass is 19.4. The third-order valence-electron chi connectivity index (χ3n) is 8.27. The van der Waals surface area contributed by atoms with E-state index in [2.05, 4.69) is 11.8 Å². The van der Waals surface area contributed by atoms with E-state index < -0.39 is 29.6 Å². The minimum atomic E-state index is -4.60. The number of halogens is 4. The number of alkyl halides is 3. The Labute approximate surface area is 256 Å². The van der Waals surface area contributed by atoms with Gasteiger partial charge < -0.3 is 19.6 Å². The molecule has 3 aliphatic heterocycles. The number of anilines is 1. The molecule has 2 aromatic rings. The molecule has 7 nitrogen and oxygen atoms in total. The van der Waals surface area contributed by atoms with Gasteiger partial charge in [0.1, 0.15) is 11.9 Å². The van der Waals surface area contributed by atoms with Gasteiger partial charge in [0.05, 0.1) is 17.7 Å². The molecule has 2 aromatic carbocycles. The zero-order chi connectivity index (χ0) is 31.7. The fraction of sp³-hybridized carbons (Fsp3) is 0.576. The molecule has 44 heavy (non-hydrogen) atoms. The summed E-state index contributed by atoms with van der Waals surface area (Å²) in [4.78, 5) is 29.0. The molecule has 3 atom stereocenters. The van der Waals surface area contributed by atoms with E-state index in [0.717, 1.165) is 31.6 Å². The number of piperazine rings is 1. The zero-order valence-electron chi connectivity index (χ0n) is 25.3. The van der Waals surface area contributed by atoms with Gasteiger partial charge in [0, 0.05) is 44.5 Å². The molecule has 242 valence electrons. The third kappa shape index (κ3) is 10.2. The number of carbonyl (C=O) groups excluding carboxylic acids is 1. The number of amides is 1. The standard InChI is InChI=1S/C23H31F4N3O2.C7H6O2.C3H6/c1-16-3-2-6-30(14-16)19-4-5-21(32-15-19)22(31)29-9-7-28(8-10-29)20-12-17(23(25,26)27)11-18(24)13-20;8-7(9)6-4-2-1-3-5-6;1-2-3-1/h11-13,16,19,21H,2-10,14-15H2,1H3;1-5H,(H,8,9);1-3H2/t16?,19?,21-;;/m1../s1. The van der Waals surface area contributed by atoms with Crippen LogP contribution in [0.3, 0.4) is 0 Å². The largest absolute Gasteiger partial charge is 0.478 e. The van der Waals surface area contributed by atoms with Gasteiger partial charge in [-0.05, 0) is 68.5 Å². The van der Waals surface area contributed by atoms with Crippen molar-refractivity contribution in [1.29, 1.82) is 0 Å². The highest BCUT2D eigenvalue weighted by molar-refractivity contribution is 5.87. The Hall–Kier alpha value is -3.18. The van der Waals surface area contributed by atoms with Crippen molar-refractivity contribution >= 4 is 17.6 Å². The Morgan fingerprint density at radius 1 is 0.886 bits per heavy atom. The van der Waals surface area contributed by atoms with Crippen LogP contribution in [-0.2, 0) is 15.7 Å². The number of hydrogen-bond acceptors (Lipinski definition) is 5. The number of rotatable bonds is 4. The van der Waals surface area contributed by atoms with Crippen molar-refractivity contribution in [3.63, 3.8) is 0 Å². The van der Waals surface area contributed by atoms with Gasteiger partial charge in [-0.25, -0.2) is 9.18 Å². The number of aromatic carboxylic acids is 1. The average Bonchev–Trinajstić information content (AvgIpc) is 3.91. The van der Waals surface area contributed by atoms with Gasteiger partial charge in [-0.3, -0.25) is 9.69 Å². The van der Waals surface area contributed by atoms with E-state index in [0.29, 0.717) is 62.8 Å². The van der Waals surface area contributed by atoms with Gasteiger partial charge >= 0.3 is 12.1 Å². The first kappa shape index (κ1) is 33.7. The number of nitrogens with zero attached hydrogens (tertiary/aromatic N) is 3. The zero-order valence-corrected chi connectivity index (χ0v) is 25.3. The molecule has 6 rings (SSSR count). The fourth-order valence-electron chi connectivity index (χ4n) is 5.67. The van der Waals surface area contributed by atoms with E-state index >= 15 is 0 Å². The molecular formula is C33H43F4N3O4. The molecule has 2 unspecified atom stereocenters. The second-order valence-electron chi connectivity index (χ2n) is 12.0. The minimum Gasteiger partial charge on any atom is -0.478 e. The van der Waals surface area contributed by atoms with Crippen LogP contribution >= 0.6 is 0 Å². The number of carboxylic acid groups (broad SMARTS) is 1. The molecule has 0 aromatic heterocycles. The summed E-state index contributed by atoms with van der Waals surface area (Å²) >= 11 is 0. The van der Waals surface area contributed by atoms with Crippen LogP contribution in [0.5, 0.6) is 0 Å². The van der Waals surface area contributed by atoms with Crippen LogP contribution in [0.25, 0.3) is 0 Å². The normalized spacial score (nSPS) is 23.9. The molecule has 1 N–H and O–H groups in total. The van der Waals surface area contributed by atoms with Crippen LogP contribution in [0.1, 0.15) is 67.8 Å². The number of piperidine rings is 1. The maximum atomic E-state index is 13.7. The second-order valence-corrected chi connectivity index (χ2v) is 12.0. The molecule has 3 saturated heterocycles. The summed E-state index contributed by atoms with van der Waals surface area (Å²) in [5, 5.41) is 8.38. The smallest absolute Gasteiger partial charge is 0.416 e. The maximum Gasteiger partial charge on any atom is 0.416 e. The van der Waals surface area contributed by atoms with Crippen molar-refractivity contribution in [3.05, 3.63) is 65.5 Å². The lowest BCUT2D eigenvalue weighted by Crippen LogP contribution is -2.54. The van der Waals surface area contributed by atoms with Gasteiger partial charge in [-0.1, -0.05) is 44.4 Å². The molecular weight excluding hydrogens is 578 g/mol. The van der Waals surface area contributed by atoms with E-state index in [4.69, 9.17) is 9.84 Å². The molecule has 1 saturated carbocycles. The molecule has 1 aliphatic carbocycles. The van der Waals surface area contributed by atoms with E-state index in [1.807, 2.05) is 0 Å². The van der Waals surface area contributed by atoms with Gasteiger partial charge in [-0.15, -0.1) is 0 Å². The van der Waals surface area contributed by atoms with Crippen LogP contribution < -0.4 is 4.90 Å². The van der Waals surface area contributed by atoms with E-state index in [1.165, 1.54) is 32.1 Å². The van der Waals surface area contributed by atoms with Crippen LogP contribution in [0.15, 0.2) is 48.5 Å². The lowest BCUT2D eigenvalue weighted by molar-refractivity contribution is -0.150. The Morgan fingerprint density at radius 2 is 1.57 bits per heavy atom. The van der Waals surface area contributed by atoms with Crippen molar-refractivity contribution < 1.29 is 37.0 Å². The number of hydrogen-bond donors (Lipinski definition) is 1. The quantitative estimate of drug-likeness (QED) is 0.403. The lowest BCUT2D eigenvalue weighted by Gasteiger charge is -2.42. The predicted octanol–water partition coefficient (Wildman–Crippen LogP) is 6.33. The number of likely N-dealkylation sites (tertiary alicyclic amines) is 1. The summed E-state index contributed by atoms with van der Waals surface area (Å²) < 4.78 is 58.7. The van der Waals surface area contributed by atoms with Crippen LogP contribution in [0.4, 0.5) is 23.2 Å². The first-order valence-electron chi connectivity index (χ1n) is 15.6. The van der Waals surface area contributed by atoms with Crippen LogP contribution in [-0.4, -0.2) is 84.8 Å². The molecule has 4 fully saturated rings. The predicted molar refractivity (Wildman–Crippen MR) is 160 cm³/mol. The molecule has 4 aliphatic rings. The molecule has 1 amide bonds. The van der Waals surface area contributed by atoms with Gasteiger partial charge in [0.2, 0.25) is 0 Å². The Kier molecular flexibility index (Phi) is 12.0. The van der Waals surface area contributed by atoms with Crippen LogP contribution in [0.2, 0.25) is 0 Å². The number of benzene rings is 2. The number of carbonyl (C=O) groups is 2. The van der Waals surface area contributed by atoms with Crippen molar-refractivity contribution in [3.8, 4) is 0 Å². The monoisotopic (exact) mass is 621 g/mol. The lowest BCUT2D eigenvalue weighted by atomic mass is 9.95. The fourth-order valence-corrected chi connectivity index (χ4v) is 5.67. The SMILES string of the molecule is C1CC1.CC1CCCN(C2CC[C@H](C(=O)N3CCN(c4cc(F)cc(C(F)(F)F)c4)CC3)OC2)C1.O=C(O)c1ccccc1. The van der Waals surface area contributed by atoms with E-state index in [1.54, 1.807) is 40.1 Å². The Balaban J connectivity index is 0.000000305. The molecule has 3 heterocycles. The minimum absolute atomic E-state index is 0.0506. The molecule has 0 bridgehead atoms. The summed E-state index contributed by atoms with van der Waals surface area (Å²) in [6.07, 6.45) is 3.55.